The summed E-state index contributed by atoms with van der Waals surface area (Å²) in [5.74, 6) is 0.0187. The van der Waals surface area contributed by atoms with Crippen molar-refractivity contribution in [3.63, 3.8) is 0 Å². The zero-order valence-corrected chi connectivity index (χ0v) is 10.4. The number of aromatic nitrogens is 1. The predicted octanol–water partition coefficient (Wildman–Crippen LogP) is 2.87. The van der Waals surface area contributed by atoms with Gasteiger partial charge in [-0.1, -0.05) is 0 Å². The van der Waals surface area contributed by atoms with Crippen molar-refractivity contribution in [2.24, 2.45) is 0 Å². The SMILES string of the molecule is CSCC(C)n1cc(Br)cc1C(=O)O. The van der Waals surface area contributed by atoms with Gasteiger partial charge < -0.3 is 9.67 Å². The fourth-order valence-electron chi connectivity index (χ4n) is 1.30. The number of carboxylic acids is 1. The number of aromatic carboxylic acids is 1. The van der Waals surface area contributed by atoms with Crippen LogP contribution >= 0.6 is 27.7 Å². The van der Waals surface area contributed by atoms with Crippen LogP contribution in [0.4, 0.5) is 0 Å². The Morgan fingerprint density at radius 3 is 2.93 bits per heavy atom. The van der Waals surface area contributed by atoms with Crippen LogP contribution in [0.2, 0.25) is 0 Å². The number of carboxylic acid groups (broad SMARTS) is 1. The Morgan fingerprint density at radius 1 is 1.79 bits per heavy atom. The molecule has 0 saturated heterocycles. The number of rotatable bonds is 4. The Morgan fingerprint density at radius 2 is 2.43 bits per heavy atom. The van der Waals surface area contributed by atoms with E-state index in [1.807, 2.05) is 19.4 Å². The van der Waals surface area contributed by atoms with E-state index in [1.165, 1.54) is 0 Å². The number of hydrogen-bond acceptors (Lipinski definition) is 2. The van der Waals surface area contributed by atoms with Gasteiger partial charge in [-0.15, -0.1) is 0 Å². The quantitative estimate of drug-likeness (QED) is 0.920. The second-order valence-corrected chi connectivity index (χ2v) is 4.89. The van der Waals surface area contributed by atoms with Crippen LogP contribution in [-0.2, 0) is 0 Å². The molecule has 0 aliphatic heterocycles. The normalized spacial score (nSPS) is 12.8. The second-order valence-electron chi connectivity index (χ2n) is 3.06. The van der Waals surface area contributed by atoms with Gasteiger partial charge in [-0.25, -0.2) is 4.79 Å². The van der Waals surface area contributed by atoms with Crippen LogP contribution in [0.5, 0.6) is 0 Å². The summed E-state index contributed by atoms with van der Waals surface area (Å²) >= 11 is 4.98. The molecule has 0 amide bonds. The standard InChI is InChI=1S/C9H12BrNO2S/c1-6(5-14-2)11-4-7(10)3-8(11)9(12)13/h3-4,6H,5H2,1-2H3,(H,12,13). The van der Waals surface area contributed by atoms with E-state index in [1.54, 1.807) is 22.4 Å². The van der Waals surface area contributed by atoms with Crippen LogP contribution in [0, 0.1) is 0 Å². The topological polar surface area (TPSA) is 42.2 Å². The maximum Gasteiger partial charge on any atom is 0.352 e. The van der Waals surface area contributed by atoms with Crippen molar-refractivity contribution >= 4 is 33.7 Å². The van der Waals surface area contributed by atoms with E-state index >= 15 is 0 Å². The lowest BCUT2D eigenvalue weighted by Gasteiger charge is -2.14. The molecule has 0 aromatic carbocycles. The van der Waals surface area contributed by atoms with Crippen molar-refractivity contribution in [3.05, 3.63) is 22.4 Å². The Bertz CT molecular complexity index is 338. The third-order valence-corrected chi connectivity index (χ3v) is 3.17. The number of nitrogens with zero attached hydrogens (tertiary/aromatic N) is 1. The summed E-state index contributed by atoms with van der Waals surface area (Å²) in [7, 11) is 0. The lowest BCUT2D eigenvalue weighted by molar-refractivity contribution is 0.0683. The van der Waals surface area contributed by atoms with Gasteiger partial charge >= 0.3 is 5.97 Å². The molecule has 1 heterocycles. The Hall–Kier alpha value is -0.420. The van der Waals surface area contributed by atoms with E-state index in [0.717, 1.165) is 10.2 Å². The average Bonchev–Trinajstić information content (AvgIpc) is 2.48. The zero-order valence-electron chi connectivity index (χ0n) is 8.03. The van der Waals surface area contributed by atoms with Gasteiger partial charge in [0.1, 0.15) is 5.69 Å². The van der Waals surface area contributed by atoms with Gasteiger partial charge in [-0.05, 0) is 35.2 Å². The maximum absolute atomic E-state index is 10.9. The first-order valence-corrected chi connectivity index (χ1v) is 6.34. The van der Waals surface area contributed by atoms with E-state index in [-0.39, 0.29) is 6.04 Å². The maximum atomic E-state index is 10.9. The predicted molar refractivity (Wildman–Crippen MR) is 62.2 cm³/mol. The first-order chi connectivity index (χ1) is 6.56. The third-order valence-electron chi connectivity index (χ3n) is 1.92. The molecule has 1 rings (SSSR count). The van der Waals surface area contributed by atoms with E-state index in [2.05, 4.69) is 15.9 Å². The second kappa shape index (κ2) is 4.89. The largest absolute Gasteiger partial charge is 0.477 e. The highest BCUT2D eigenvalue weighted by molar-refractivity contribution is 9.10. The van der Waals surface area contributed by atoms with Crippen LogP contribution in [0.25, 0.3) is 0 Å². The number of carbonyl (C=O) groups is 1. The lowest BCUT2D eigenvalue weighted by Crippen LogP contribution is -2.13. The Kier molecular flexibility index (Phi) is 4.07. The summed E-state index contributed by atoms with van der Waals surface area (Å²) in [6, 6.07) is 1.82. The van der Waals surface area contributed by atoms with Crippen molar-refractivity contribution < 1.29 is 9.90 Å². The van der Waals surface area contributed by atoms with Crippen molar-refractivity contribution in [1.82, 2.24) is 4.57 Å². The van der Waals surface area contributed by atoms with E-state index in [4.69, 9.17) is 5.11 Å². The molecule has 0 radical (unpaired) electrons. The van der Waals surface area contributed by atoms with Crippen LogP contribution in [0.3, 0.4) is 0 Å². The third kappa shape index (κ3) is 2.54. The van der Waals surface area contributed by atoms with Gasteiger partial charge in [0.05, 0.1) is 0 Å². The minimum absolute atomic E-state index is 0.197. The number of thioether (sulfide) groups is 1. The number of halogens is 1. The van der Waals surface area contributed by atoms with Gasteiger partial charge in [-0.2, -0.15) is 11.8 Å². The minimum Gasteiger partial charge on any atom is -0.477 e. The molecule has 0 aliphatic carbocycles. The summed E-state index contributed by atoms with van der Waals surface area (Å²) < 4.78 is 2.59. The fourth-order valence-corrected chi connectivity index (χ4v) is 2.38. The van der Waals surface area contributed by atoms with Crippen LogP contribution < -0.4 is 0 Å². The minimum atomic E-state index is -0.886. The van der Waals surface area contributed by atoms with E-state index < -0.39 is 5.97 Å². The molecule has 0 spiro atoms. The molecule has 0 bridgehead atoms. The molecule has 1 aromatic rings. The Balaban J connectivity index is 3.00. The molecule has 1 atom stereocenters. The summed E-state index contributed by atoms with van der Waals surface area (Å²) in [4.78, 5) is 10.9. The molecule has 3 nitrogen and oxygen atoms in total. The molecule has 0 fully saturated rings. The van der Waals surface area contributed by atoms with E-state index in [9.17, 15) is 4.79 Å². The van der Waals surface area contributed by atoms with Gasteiger partial charge in [-0.3, -0.25) is 0 Å². The highest BCUT2D eigenvalue weighted by Gasteiger charge is 2.15. The van der Waals surface area contributed by atoms with Crippen LogP contribution in [0.15, 0.2) is 16.7 Å². The zero-order chi connectivity index (χ0) is 10.7. The molecule has 14 heavy (non-hydrogen) atoms. The van der Waals surface area contributed by atoms with Gasteiger partial charge in [0.15, 0.2) is 0 Å². The average molecular weight is 278 g/mol. The van der Waals surface area contributed by atoms with Crippen molar-refractivity contribution in [2.75, 3.05) is 12.0 Å². The molecular weight excluding hydrogens is 266 g/mol. The van der Waals surface area contributed by atoms with Gasteiger partial charge in [0.25, 0.3) is 0 Å². The van der Waals surface area contributed by atoms with Crippen LogP contribution in [-0.4, -0.2) is 27.7 Å². The van der Waals surface area contributed by atoms with Gasteiger partial charge in [0, 0.05) is 22.5 Å². The van der Waals surface area contributed by atoms with Crippen molar-refractivity contribution in [3.8, 4) is 0 Å². The highest BCUT2D eigenvalue weighted by atomic mass is 79.9. The summed E-state index contributed by atoms with van der Waals surface area (Å²) in [6.07, 6.45) is 3.82. The molecular formula is C9H12BrNO2S. The summed E-state index contributed by atoms with van der Waals surface area (Å²) in [5, 5.41) is 8.95. The monoisotopic (exact) mass is 277 g/mol. The molecule has 1 N–H and O–H groups in total. The van der Waals surface area contributed by atoms with Crippen molar-refractivity contribution in [1.29, 1.82) is 0 Å². The highest BCUT2D eigenvalue weighted by Crippen LogP contribution is 2.21. The van der Waals surface area contributed by atoms with Crippen molar-refractivity contribution in [2.45, 2.75) is 13.0 Å². The smallest absolute Gasteiger partial charge is 0.352 e. The lowest BCUT2D eigenvalue weighted by atomic mass is 10.3. The van der Waals surface area contributed by atoms with E-state index in [0.29, 0.717) is 5.69 Å². The number of hydrogen-bond donors (Lipinski definition) is 1. The molecule has 0 aliphatic rings. The van der Waals surface area contributed by atoms with Crippen LogP contribution in [0.1, 0.15) is 23.5 Å². The Labute approximate surface area is 95.6 Å². The molecule has 0 saturated carbocycles. The first kappa shape index (κ1) is 11.7. The summed E-state index contributed by atoms with van der Waals surface area (Å²) in [6.45, 7) is 2.01. The molecule has 78 valence electrons. The first-order valence-electron chi connectivity index (χ1n) is 4.16. The van der Waals surface area contributed by atoms with Gasteiger partial charge in [0.2, 0.25) is 0 Å². The molecule has 1 aromatic heterocycles. The molecule has 5 heteroatoms. The summed E-state index contributed by atoms with van der Waals surface area (Å²) in [5.41, 5.74) is 0.332. The fraction of sp³-hybridized carbons (Fsp3) is 0.444. The molecule has 1 unspecified atom stereocenters.